The summed E-state index contributed by atoms with van der Waals surface area (Å²) in [5.41, 5.74) is 0. The SMILES string of the molecule is O=C(CSCSCSCC[S+]([O-])CSCSCSC(=O)CSCSCSCC[S+]([O-])CSCSCO)SCSCSCO. The smallest absolute Gasteiger partial charge is 0.199 e. The summed E-state index contributed by atoms with van der Waals surface area (Å²) < 4.78 is 24.0. The first-order valence-electron chi connectivity index (χ1n) is 12.1. The van der Waals surface area contributed by atoms with Crippen LogP contribution < -0.4 is 0 Å². The molecule has 2 atom stereocenters. The van der Waals surface area contributed by atoms with E-state index in [9.17, 15) is 18.7 Å². The minimum Gasteiger partial charge on any atom is -0.616 e. The van der Waals surface area contributed by atoms with Crippen LogP contribution in [0.2, 0.25) is 0 Å². The number of hydrogen-bond donors (Lipinski definition) is 2. The van der Waals surface area contributed by atoms with E-state index in [0.717, 1.165) is 57.3 Å². The highest BCUT2D eigenvalue weighted by atomic mass is 32.3. The lowest BCUT2D eigenvalue weighted by Gasteiger charge is -2.10. The van der Waals surface area contributed by atoms with Gasteiger partial charge < -0.3 is 19.3 Å². The summed E-state index contributed by atoms with van der Waals surface area (Å²) in [5.74, 6) is 4.44. The summed E-state index contributed by atoms with van der Waals surface area (Å²) in [6.07, 6.45) is 0. The first-order valence-corrected chi connectivity index (χ1v) is 31.0. The van der Waals surface area contributed by atoms with Gasteiger partial charge in [-0.1, -0.05) is 47.0 Å². The minimum absolute atomic E-state index is 0.111. The lowest BCUT2D eigenvalue weighted by atomic mass is 10.9. The van der Waals surface area contributed by atoms with Crippen molar-refractivity contribution >= 4 is 197 Å². The Morgan fingerprint density at radius 1 is 0.465 bits per heavy atom. The number of aliphatic hydroxyl groups excluding tert-OH is 2. The predicted octanol–water partition coefficient (Wildman–Crippen LogP) is 7.23. The average Bonchev–Trinajstić information content (AvgIpc) is 2.99. The standard InChI is InChI=1S/C21H40O6S16/c22-7-32-13-36-16-40-20(24)5-30-11-35-10-29-2-4-43(27)19-39-15-37-17-41-21(25)6-31-12-34-9-28-1-3-42(26)18-38-14-33-8-23/h22-23H,1-19H2. The maximum atomic E-state index is 12.2. The van der Waals surface area contributed by atoms with Gasteiger partial charge in [0.05, 0.1) is 23.4 Å². The number of thioether (sulfide) groups is 14. The molecule has 0 aliphatic heterocycles. The minimum atomic E-state index is -0.825. The molecule has 0 radical (unpaired) electrons. The van der Waals surface area contributed by atoms with Crippen LogP contribution in [0.5, 0.6) is 0 Å². The van der Waals surface area contributed by atoms with Gasteiger partial charge in [-0.15, -0.1) is 118 Å². The van der Waals surface area contributed by atoms with Gasteiger partial charge in [-0.2, -0.15) is 0 Å². The third kappa shape index (κ3) is 39.4. The molecule has 0 fully saturated rings. The Morgan fingerprint density at radius 3 is 1.26 bits per heavy atom. The number of carbonyl (C=O) groups is 2. The molecule has 0 spiro atoms. The summed E-state index contributed by atoms with van der Waals surface area (Å²) >= 11 is 21.1. The lowest BCUT2D eigenvalue weighted by molar-refractivity contribution is -0.109. The summed E-state index contributed by atoms with van der Waals surface area (Å²) in [6.45, 7) is 0. The van der Waals surface area contributed by atoms with Crippen LogP contribution in [0.15, 0.2) is 0 Å². The van der Waals surface area contributed by atoms with Crippen LogP contribution >= 0.6 is 165 Å². The monoisotopic (exact) mass is 900 g/mol. The van der Waals surface area contributed by atoms with Gasteiger partial charge in [0.2, 0.25) is 0 Å². The van der Waals surface area contributed by atoms with Gasteiger partial charge in [-0.05, 0) is 22.4 Å². The van der Waals surface area contributed by atoms with Gasteiger partial charge in [0.25, 0.3) is 0 Å². The van der Waals surface area contributed by atoms with Crippen molar-refractivity contribution in [2.45, 2.75) is 0 Å². The van der Waals surface area contributed by atoms with Gasteiger partial charge in [-0.3, -0.25) is 9.59 Å². The van der Waals surface area contributed by atoms with Crippen molar-refractivity contribution in [3.8, 4) is 0 Å². The molecule has 0 saturated heterocycles. The van der Waals surface area contributed by atoms with Crippen LogP contribution in [0.25, 0.3) is 0 Å². The molecule has 0 aromatic heterocycles. The van der Waals surface area contributed by atoms with E-state index >= 15 is 0 Å². The van der Waals surface area contributed by atoms with Crippen LogP contribution in [0.3, 0.4) is 0 Å². The highest BCUT2D eigenvalue weighted by molar-refractivity contribution is 8.30. The molecule has 0 heterocycles. The van der Waals surface area contributed by atoms with Crippen molar-refractivity contribution in [3.63, 3.8) is 0 Å². The van der Waals surface area contributed by atoms with Crippen molar-refractivity contribution in [2.24, 2.45) is 0 Å². The molecule has 43 heavy (non-hydrogen) atoms. The Morgan fingerprint density at radius 2 is 0.814 bits per heavy atom. The molecule has 256 valence electrons. The summed E-state index contributed by atoms with van der Waals surface area (Å²) in [4.78, 5) is 23.8. The molecule has 0 saturated carbocycles. The fourth-order valence-electron chi connectivity index (χ4n) is 1.96. The molecule has 0 aromatic carbocycles. The molecule has 2 unspecified atom stereocenters. The van der Waals surface area contributed by atoms with Crippen LogP contribution in [0, 0.1) is 0 Å². The van der Waals surface area contributed by atoms with E-state index in [1.165, 1.54) is 47.0 Å². The molecular formula is C21H40O6S16. The van der Waals surface area contributed by atoms with Crippen molar-refractivity contribution < 1.29 is 28.9 Å². The molecule has 2 N–H and O–H groups in total. The largest absolute Gasteiger partial charge is 0.616 e. The zero-order valence-electron chi connectivity index (χ0n) is 23.5. The van der Waals surface area contributed by atoms with E-state index in [1.807, 2.05) is 0 Å². The lowest BCUT2D eigenvalue weighted by Crippen LogP contribution is -2.11. The van der Waals surface area contributed by atoms with Crippen molar-refractivity contribution in [2.75, 3.05) is 102 Å². The topological polar surface area (TPSA) is 121 Å². The Hall–Kier alpha value is 4.78. The van der Waals surface area contributed by atoms with E-state index in [0.29, 0.717) is 33.2 Å². The van der Waals surface area contributed by atoms with E-state index in [4.69, 9.17) is 10.2 Å². The zero-order chi connectivity index (χ0) is 31.6. The molecule has 6 nitrogen and oxygen atoms in total. The van der Waals surface area contributed by atoms with Crippen molar-refractivity contribution in [3.05, 3.63) is 0 Å². The van der Waals surface area contributed by atoms with E-state index < -0.39 is 22.4 Å². The Kier molecular flexibility index (Phi) is 44.0. The van der Waals surface area contributed by atoms with Gasteiger partial charge >= 0.3 is 0 Å². The second-order valence-electron chi connectivity index (χ2n) is 7.02. The summed E-state index contributed by atoms with van der Waals surface area (Å²) in [7, 11) is 0. The second-order valence-corrected chi connectivity index (χ2v) is 28.3. The third-order valence-corrected chi connectivity index (χ3v) is 24.2. The van der Waals surface area contributed by atoms with Crippen LogP contribution in [-0.4, -0.2) is 132 Å². The first-order chi connectivity index (χ1) is 21.0. The summed E-state index contributed by atoms with van der Waals surface area (Å²) in [5, 5.41) is 26.6. The number of aliphatic hydroxyl groups is 2. The first kappa shape index (κ1) is 47.8. The number of hydrogen-bond acceptors (Lipinski definition) is 20. The normalized spacial score (nSPS) is 12.9. The molecule has 0 aliphatic rings. The number of rotatable bonds is 34. The molecule has 22 heteroatoms. The Balaban J connectivity index is 3.36. The van der Waals surface area contributed by atoms with Gasteiger partial charge in [0, 0.05) is 57.3 Å². The molecule has 0 aromatic rings. The Labute approximate surface area is 324 Å². The Bertz CT molecular complexity index is 632. The summed E-state index contributed by atoms with van der Waals surface area (Å²) in [6, 6.07) is 0. The van der Waals surface area contributed by atoms with E-state index in [2.05, 4.69) is 0 Å². The zero-order valence-corrected chi connectivity index (χ0v) is 36.6. The van der Waals surface area contributed by atoms with Crippen LogP contribution in [0.4, 0.5) is 0 Å². The molecule has 0 aliphatic carbocycles. The second kappa shape index (κ2) is 39.6. The maximum absolute atomic E-state index is 12.2. The number of carbonyl (C=O) groups excluding carboxylic acids is 2. The highest BCUT2D eigenvalue weighted by Gasteiger charge is 2.09. The van der Waals surface area contributed by atoms with E-state index in [-0.39, 0.29) is 22.1 Å². The van der Waals surface area contributed by atoms with Crippen LogP contribution in [0.1, 0.15) is 0 Å². The van der Waals surface area contributed by atoms with Crippen molar-refractivity contribution in [1.29, 1.82) is 0 Å². The average molecular weight is 902 g/mol. The fraction of sp³-hybridized carbons (Fsp3) is 0.905. The van der Waals surface area contributed by atoms with Gasteiger partial charge in [-0.25, -0.2) is 0 Å². The molecule has 0 bridgehead atoms. The highest BCUT2D eigenvalue weighted by Crippen LogP contribution is 2.25. The van der Waals surface area contributed by atoms with Gasteiger partial charge in [0.15, 0.2) is 20.4 Å². The predicted molar refractivity (Wildman–Crippen MR) is 229 cm³/mol. The molecule has 0 amide bonds. The van der Waals surface area contributed by atoms with Crippen LogP contribution in [-0.2, 0) is 31.9 Å². The quantitative estimate of drug-likeness (QED) is 0.0384. The fourth-order valence-corrected chi connectivity index (χ4v) is 20.9. The van der Waals surface area contributed by atoms with Crippen molar-refractivity contribution in [1.82, 2.24) is 0 Å². The molecular weight excluding hydrogens is 861 g/mol. The third-order valence-electron chi connectivity index (χ3n) is 3.74. The van der Waals surface area contributed by atoms with E-state index in [1.54, 1.807) is 118 Å². The molecule has 0 rings (SSSR count). The maximum Gasteiger partial charge on any atom is 0.199 e. The van der Waals surface area contributed by atoms with Gasteiger partial charge in [0.1, 0.15) is 11.5 Å².